The van der Waals surface area contributed by atoms with Crippen LogP contribution in [-0.4, -0.2) is 56.8 Å². The number of likely N-dealkylation sites (N-methyl/N-ethyl adjacent to an activating group) is 1. The SMILES string of the molecule is CCN1CCOC(CNC(=NC)NN)C1. The Bertz CT molecular complexity index is 209. The maximum atomic E-state index is 5.62. The van der Waals surface area contributed by atoms with Crippen molar-refractivity contribution in [2.45, 2.75) is 13.0 Å². The summed E-state index contributed by atoms with van der Waals surface area (Å²) in [5.41, 5.74) is 2.49. The Hall–Kier alpha value is -0.850. The van der Waals surface area contributed by atoms with Gasteiger partial charge in [-0.3, -0.25) is 15.3 Å². The van der Waals surface area contributed by atoms with Crippen molar-refractivity contribution in [3.05, 3.63) is 0 Å². The topological polar surface area (TPSA) is 74.9 Å². The van der Waals surface area contributed by atoms with Crippen LogP contribution in [-0.2, 0) is 4.74 Å². The Morgan fingerprint density at radius 2 is 2.47 bits per heavy atom. The van der Waals surface area contributed by atoms with Crippen molar-refractivity contribution >= 4 is 5.96 Å². The highest BCUT2D eigenvalue weighted by molar-refractivity contribution is 5.78. The van der Waals surface area contributed by atoms with Gasteiger partial charge in [-0.2, -0.15) is 0 Å². The molecule has 6 heteroatoms. The lowest BCUT2D eigenvalue weighted by molar-refractivity contribution is -0.0233. The van der Waals surface area contributed by atoms with Crippen LogP contribution in [0.2, 0.25) is 0 Å². The summed E-state index contributed by atoms with van der Waals surface area (Å²) in [6.45, 7) is 6.75. The molecule has 1 rings (SSSR count). The van der Waals surface area contributed by atoms with Gasteiger partial charge in [0, 0.05) is 26.7 Å². The van der Waals surface area contributed by atoms with Crippen LogP contribution in [0.3, 0.4) is 0 Å². The Labute approximate surface area is 90.8 Å². The van der Waals surface area contributed by atoms with Crippen molar-refractivity contribution in [1.29, 1.82) is 0 Å². The largest absolute Gasteiger partial charge is 0.374 e. The highest BCUT2D eigenvalue weighted by Crippen LogP contribution is 2.03. The minimum atomic E-state index is 0.212. The van der Waals surface area contributed by atoms with Gasteiger partial charge in [-0.25, -0.2) is 5.84 Å². The van der Waals surface area contributed by atoms with Gasteiger partial charge in [0.25, 0.3) is 0 Å². The summed E-state index contributed by atoms with van der Waals surface area (Å²) < 4.78 is 5.62. The maximum Gasteiger partial charge on any atom is 0.205 e. The van der Waals surface area contributed by atoms with Crippen LogP contribution in [0, 0.1) is 0 Å². The Balaban J connectivity index is 2.26. The molecule has 1 heterocycles. The minimum absolute atomic E-state index is 0.212. The molecule has 1 saturated heterocycles. The van der Waals surface area contributed by atoms with E-state index in [4.69, 9.17) is 10.6 Å². The Morgan fingerprint density at radius 3 is 3.07 bits per heavy atom. The van der Waals surface area contributed by atoms with Crippen LogP contribution in [0.4, 0.5) is 0 Å². The monoisotopic (exact) mass is 215 g/mol. The molecule has 1 unspecified atom stereocenters. The molecule has 15 heavy (non-hydrogen) atoms. The van der Waals surface area contributed by atoms with Crippen LogP contribution in [0.5, 0.6) is 0 Å². The first-order valence-electron chi connectivity index (χ1n) is 5.31. The lowest BCUT2D eigenvalue weighted by atomic mass is 10.2. The molecule has 0 aliphatic carbocycles. The van der Waals surface area contributed by atoms with E-state index >= 15 is 0 Å². The standard InChI is InChI=1S/C9H21N5O/c1-3-14-4-5-15-8(7-14)6-12-9(11-2)13-10/h8H,3-7,10H2,1-2H3,(H2,11,12,13). The van der Waals surface area contributed by atoms with Crippen LogP contribution in [0.25, 0.3) is 0 Å². The summed E-state index contributed by atoms with van der Waals surface area (Å²) in [5.74, 6) is 5.85. The molecule has 1 aliphatic heterocycles. The lowest BCUT2D eigenvalue weighted by Crippen LogP contribution is -2.50. The van der Waals surface area contributed by atoms with Gasteiger partial charge in [-0.1, -0.05) is 6.92 Å². The Kier molecular flexibility index (Phi) is 5.38. The van der Waals surface area contributed by atoms with E-state index in [9.17, 15) is 0 Å². The number of rotatable bonds is 3. The van der Waals surface area contributed by atoms with Gasteiger partial charge >= 0.3 is 0 Å². The highest BCUT2D eigenvalue weighted by Gasteiger charge is 2.18. The molecule has 1 fully saturated rings. The second-order valence-electron chi connectivity index (χ2n) is 3.48. The summed E-state index contributed by atoms with van der Waals surface area (Å²) in [5, 5.41) is 3.10. The van der Waals surface area contributed by atoms with E-state index < -0.39 is 0 Å². The molecular formula is C9H21N5O. The van der Waals surface area contributed by atoms with Crippen LogP contribution in [0.15, 0.2) is 4.99 Å². The molecule has 1 atom stereocenters. The summed E-state index contributed by atoms with van der Waals surface area (Å²) in [7, 11) is 1.68. The minimum Gasteiger partial charge on any atom is -0.374 e. The smallest absolute Gasteiger partial charge is 0.205 e. The van der Waals surface area contributed by atoms with Gasteiger partial charge in [0.05, 0.1) is 12.7 Å². The molecule has 0 spiro atoms. The van der Waals surface area contributed by atoms with Crippen molar-refractivity contribution in [3.8, 4) is 0 Å². The quantitative estimate of drug-likeness (QED) is 0.237. The van der Waals surface area contributed by atoms with Crippen molar-refractivity contribution in [3.63, 3.8) is 0 Å². The van der Waals surface area contributed by atoms with Gasteiger partial charge in [0.2, 0.25) is 5.96 Å². The summed E-state index contributed by atoms with van der Waals surface area (Å²) in [6, 6.07) is 0. The van der Waals surface area contributed by atoms with Crippen LogP contribution in [0.1, 0.15) is 6.92 Å². The molecule has 0 amide bonds. The normalized spacial score (nSPS) is 23.9. The summed E-state index contributed by atoms with van der Waals surface area (Å²) >= 11 is 0. The van der Waals surface area contributed by atoms with E-state index in [-0.39, 0.29) is 6.10 Å². The number of hydrazine groups is 1. The van der Waals surface area contributed by atoms with E-state index in [0.29, 0.717) is 5.96 Å². The number of morpholine rings is 1. The van der Waals surface area contributed by atoms with Crippen molar-refractivity contribution in [1.82, 2.24) is 15.6 Å². The summed E-state index contributed by atoms with van der Waals surface area (Å²) in [6.07, 6.45) is 0.212. The van der Waals surface area contributed by atoms with Gasteiger partial charge in [0.1, 0.15) is 0 Å². The zero-order valence-corrected chi connectivity index (χ0v) is 9.49. The average Bonchev–Trinajstić information content (AvgIpc) is 2.31. The lowest BCUT2D eigenvalue weighted by Gasteiger charge is -2.32. The van der Waals surface area contributed by atoms with Gasteiger partial charge in [-0.05, 0) is 6.54 Å². The van der Waals surface area contributed by atoms with Crippen molar-refractivity contribution < 1.29 is 4.74 Å². The first-order chi connectivity index (χ1) is 7.30. The zero-order valence-electron chi connectivity index (χ0n) is 9.49. The molecule has 0 saturated carbocycles. The molecular weight excluding hydrogens is 194 g/mol. The fourth-order valence-corrected chi connectivity index (χ4v) is 1.60. The molecule has 0 aromatic rings. The van der Waals surface area contributed by atoms with E-state index in [1.165, 1.54) is 0 Å². The third-order valence-electron chi connectivity index (χ3n) is 2.53. The molecule has 4 N–H and O–H groups in total. The van der Waals surface area contributed by atoms with E-state index in [1.54, 1.807) is 7.05 Å². The second kappa shape index (κ2) is 6.60. The van der Waals surface area contributed by atoms with E-state index in [0.717, 1.165) is 32.8 Å². The number of nitrogens with one attached hydrogen (secondary N) is 2. The third kappa shape index (κ3) is 4.03. The summed E-state index contributed by atoms with van der Waals surface area (Å²) in [4.78, 5) is 6.30. The highest BCUT2D eigenvalue weighted by atomic mass is 16.5. The number of nitrogens with zero attached hydrogens (tertiary/aromatic N) is 2. The number of nitrogens with two attached hydrogens (primary N) is 1. The molecule has 0 radical (unpaired) electrons. The molecule has 88 valence electrons. The van der Waals surface area contributed by atoms with Gasteiger partial charge < -0.3 is 10.1 Å². The molecule has 6 nitrogen and oxygen atoms in total. The van der Waals surface area contributed by atoms with Gasteiger partial charge in [0.15, 0.2) is 0 Å². The first kappa shape index (κ1) is 12.2. The van der Waals surface area contributed by atoms with Crippen molar-refractivity contribution in [2.24, 2.45) is 10.8 Å². The van der Waals surface area contributed by atoms with Crippen molar-refractivity contribution in [2.75, 3.05) is 39.8 Å². The molecule has 0 aromatic carbocycles. The predicted octanol–water partition coefficient (Wildman–Crippen LogP) is -1.25. The average molecular weight is 215 g/mol. The number of hydrogen-bond acceptors (Lipinski definition) is 4. The maximum absolute atomic E-state index is 5.62. The predicted molar refractivity (Wildman–Crippen MR) is 60.5 cm³/mol. The number of guanidine groups is 1. The number of aliphatic imine (C=N–C) groups is 1. The van der Waals surface area contributed by atoms with Gasteiger partial charge in [-0.15, -0.1) is 0 Å². The third-order valence-corrected chi connectivity index (χ3v) is 2.53. The molecule has 1 aliphatic rings. The first-order valence-corrected chi connectivity index (χ1v) is 5.31. The number of ether oxygens (including phenoxy) is 1. The fourth-order valence-electron chi connectivity index (χ4n) is 1.60. The van der Waals surface area contributed by atoms with E-state index in [2.05, 4.69) is 27.6 Å². The molecule has 0 aromatic heterocycles. The Morgan fingerprint density at radius 1 is 1.67 bits per heavy atom. The zero-order chi connectivity index (χ0) is 11.1. The second-order valence-corrected chi connectivity index (χ2v) is 3.48. The van der Waals surface area contributed by atoms with Crippen LogP contribution >= 0.6 is 0 Å². The van der Waals surface area contributed by atoms with Crippen LogP contribution < -0.4 is 16.6 Å². The number of hydrogen-bond donors (Lipinski definition) is 3. The fraction of sp³-hybridized carbons (Fsp3) is 0.889. The molecule has 0 bridgehead atoms. The van der Waals surface area contributed by atoms with E-state index in [1.807, 2.05) is 0 Å².